The molecule has 0 bridgehead atoms. The van der Waals surface area contributed by atoms with E-state index in [0.717, 1.165) is 30.4 Å². The maximum absolute atomic E-state index is 12.2. The monoisotopic (exact) mass is 323 g/mol. The van der Waals surface area contributed by atoms with Gasteiger partial charge in [0.15, 0.2) is 5.78 Å². The zero-order chi connectivity index (χ0) is 17.2. The molecule has 0 aromatic heterocycles. The second kappa shape index (κ2) is 9.66. The summed E-state index contributed by atoms with van der Waals surface area (Å²) in [6.45, 7) is 2.83. The molecule has 0 spiro atoms. The summed E-state index contributed by atoms with van der Waals surface area (Å²) in [6, 6.07) is 17.6. The van der Waals surface area contributed by atoms with Crippen LogP contribution in [0.4, 0.5) is 0 Å². The maximum atomic E-state index is 12.2. The lowest BCUT2D eigenvalue weighted by Crippen LogP contribution is -2.24. The van der Waals surface area contributed by atoms with Crippen molar-refractivity contribution in [3.8, 4) is 11.1 Å². The van der Waals surface area contributed by atoms with Crippen LogP contribution in [-0.2, 0) is 4.79 Å². The van der Waals surface area contributed by atoms with Gasteiger partial charge in [-0.05, 0) is 17.5 Å². The molecule has 2 aromatic carbocycles. The van der Waals surface area contributed by atoms with Crippen molar-refractivity contribution in [1.29, 1.82) is 0 Å². The largest absolute Gasteiger partial charge is 0.356 e. The van der Waals surface area contributed by atoms with Crippen LogP contribution in [0.1, 0.15) is 49.4 Å². The van der Waals surface area contributed by atoms with E-state index in [9.17, 15) is 9.59 Å². The molecule has 3 nitrogen and oxygen atoms in total. The van der Waals surface area contributed by atoms with Gasteiger partial charge in [0.05, 0.1) is 0 Å². The number of carbonyl (C=O) groups excluding carboxylic acids is 2. The number of nitrogens with one attached hydrogen (secondary N) is 1. The molecule has 3 heteroatoms. The Labute approximate surface area is 144 Å². The molecular weight excluding hydrogens is 298 g/mol. The summed E-state index contributed by atoms with van der Waals surface area (Å²) in [5.74, 6) is -0.0290. The Hall–Kier alpha value is -2.42. The summed E-state index contributed by atoms with van der Waals surface area (Å²) < 4.78 is 0. The van der Waals surface area contributed by atoms with Crippen molar-refractivity contribution in [2.24, 2.45) is 0 Å². The fraction of sp³-hybridized carbons (Fsp3) is 0.333. The van der Waals surface area contributed by atoms with E-state index in [0.29, 0.717) is 12.1 Å². The van der Waals surface area contributed by atoms with Gasteiger partial charge >= 0.3 is 0 Å². The van der Waals surface area contributed by atoms with E-state index in [4.69, 9.17) is 0 Å². The molecule has 24 heavy (non-hydrogen) atoms. The predicted octanol–water partition coefficient (Wildman–Crippen LogP) is 4.62. The van der Waals surface area contributed by atoms with Crippen molar-refractivity contribution in [3.05, 3.63) is 60.2 Å². The van der Waals surface area contributed by atoms with E-state index < -0.39 is 0 Å². The van der Waals surface area contributed by atoms with E-state index in [2.05, 4.69) is 12.2 Å². The predicted molar refractivity (Wildman–Crippen MR) is 98.0 cm³/mol. The van der Waals surface area contributed by atoms with Crippen molar-refractivity contribution in [2.75, 3.05) is 6.54 Å². The molecule has 0 atom stereocenters. The molecule has 0 heterocycles. The summed E-state index contributed by atoms with van der Waals surface area (Å²) in [4.78, 5) is 23.9. The highest BCUT2D eigenvalue weighted by atomic mass is 16.2. The third-order valence-electron chi connectivity index (χ3n) is 4.00. The molecule has 0 fully saturated rings. The molecule has 126 valence electrons. The number of benzene rings is 2. The number of Topliss-reactive ketones (excluding diaryl/α,β-unsaturated/α-hetero) is 1. The Bertz CT molecular complexity index is 647. The van der Waals surface area contributed by atoms with Gasteiger partial charge < -0.3 is 5.32 Å². The first kappa shape index (κ1) is 17.9. The van der Waals surface area contributed by atoms with Crippen LogP contribution >= 0.6 is 0 Å². The molecule has 0 radical (unpaired) electrons. The Morgan fingerprint density at radius 3 is 2.17 bits per heavy atom. The lowest BCUT2D eigenvalue weighted by molar-refractivity contribution is -0.121. The highest BCUT2D eigenvalue weighted by Crippen LogP contribution is 2.19. The molecule has 0 unspecified atom stereocenters. The lowest BCUT2D eigenvalue weighted by Gasteiger charge is -2.06. The molecule has 0 saturated heterocycles. The van der Waals surface area contributed by atoms with Crippen LogP contribution in [0.25, 0.3) is 11.1 Å². The van der Waals surface area contributed by atoms with Crippen LogP contribution in [0.15, 0.2) is 54.6 Å². The number of carbonyl (C=O) groups is 2. The first-order chi connectivity index (χ1) is 11.7. The topological polar surface area (TPSA) is 46.2 Å². The zero-order valence-electron chi connectivity index (χ0n) is 14.3. The fourth-order valence-electron chi connectivity index (χ4n) is 2.54. The van der Waals surface area contributed by atoms with E-state index in [1.54, 1.807) is 0 Å². The van der Waals surface area contributed by atoms with Gasteiger partial charge in [-0.2, -0.15) is 0 Å². The Morgan fingerprint density at radius 1 is 0.833 bits per heavy atom. The Kier molecular flexibility index (Phi) is 7.21. The van der Waals surface area contributed by atoms with Crippen molar-refractivity contribution < 1.29 is 9.59 Å². The Morgan fingerprint density at radius 2 is 1.50 bits per heavy atom. The standard InChI is InChI=1S/C21H25NO2/c1-2-3-7-16-22-21(24)15-14-20(23)19-12-10-18(11-13-19)17-8-5-4-6-9-17/h4-6,8-13H,2-3,7,14-16H2,1H3,(H,22,24). The van der Waals surface area contributed by atoms with Crippen molar-refractivity contribution in [1.82, 2.24) is 5.32 Å². The molecule has 1 amide bonds. The van der Waals surface area contributed by atoms with Gasteiger partial charge in [-0.15, -0.1) is 0 Å². The van der Waals surface area contributed by atoms with Gasteiger partial charge in [0.1, 0.15) is 0 Å². The summed E-state index contributed by atoms with van der Waals surface area (Å²) in [5, 5.41) is 2.86. The van der Waals surface area contributed by atoms with Gasteiger partial charge in [-0.1, -0.05) is 74.4 Å². The van der Waals surface area contributed by atoms with Crippen LogP contribution < -0.4 is 5.32 Å². The SMILES string of the molecule is CCCCCNC(=O)CCC(=O)c1ccc(-c2ccccc2)cc1. The smallest absolute Gasteiger partial charge is 0.220 e. The number of rotatable bonds is 9. The second-order valence-corrected chi connectivity index (χ2v) is 5.92. The summed E-state index contributed by atoms with van der Waals surface area (Å²) in [5.41, 5.74) is 2.87. The highest BCUT2D eigenvalue weighted by molar-refractivity contribution is 5.98. The summed E-state index contributed by atoms with van der Waals surface area (Å²) in [7, 11) is 0. The average molecular weight is 323 g/mol. The van der Waals surface area contributed by atoms with Crippen molar-refractivity contribution in [2.45, 2.75) is 39.0 Å². The van der Waals surface area contributed by atoms with Gasteiger partial charge in [0, 0.05) is 24.9 Å². The number of hydrogen-bond donors (Lipinski definition) is 1. The minimum absolute atomic E-state index is 0.0123. The number of amides is 1. The van der Waals surface area contributed by atoms with Crippen LogP contribution in [0.3, 0.4) is 0 Å². The van der Waals surface area contributed by atoms with Crippen LogP contribution in [-0.4, -0.2) is 18.2 Å². The maximum Gasteiger partial charge on any atom is 0.220 e. The third kappa shape index (κ3) is 5.65. The minimum Gasteiger partial charge on any atom is -0.356 e. The Balaban J connectivity index is 1.81. The molecule has 0 aliphatic carbocycles. The quantitative estimate of drug-likeness (QED) is 0.540. The van der Waals surface area contributed by atoms with Crippen LogP contribution in [0, 0.1) is 0 Å². The lowest BCUT2D eigenvalue weighted by atomic mass is 10.0. The molecule has 2 rings (SSSR count). The van der Waals surface area contributed by atoms with E-state index in [1.807, 2.05) is 54.6 Å². The number of ketones is 1. The normalized spacial score (nSPS) is 10.4. The van der Waals surface area contributed by atoms with Gasteiger partial charge in [-0.25, -0.2) is 0 Å². The average Bonchev–Trinajstić information content (AvgIpc) is 2.64. The second-order valence-electron chi connectivity index (χ2n) is 5.92. The van der Waals surface area contributed by atoms with Crippen molar-refractivity contribution >= 4 is 11.7 Å². The van der Waals surface area contributed by atoms with E-state index in [-0.39, 0.29) is 24.5 Å². The fourth-order valence-corrected chi connectivity index (χ4v) is 2.54. The minimum atomic E-state index is -0.0413. The molecule has 2 aromatic rings. The highest BCUT2D eigenvalue weighted by Gasteiger charge is 2.09. The van der Waals surface area contributed by atoms with Gasteiger partial charge in [-0.3, -0.25) is 9.59 Å². The van der Waals surface area contributed by atoms with Gasteiger partial charge in [0.25, 0.3) is 0 Å². The van der Waals surface area contributed by atoms with E-state index >= 15 is 0 Å². The van der Waals surface area contributed by atoms with E-state index in [1.165, 1.54) is 0 Å². The summed E-state index contributed by atoms with van der Waals surface area (Å²) in [6.07, 6.45) is 3.76. The van der Waals surface area contributed by atoms with Crippen LogP contribution in [0.5, 0.6) is 0 Å². The molecule has 0 saturated carbocycles. The van der Waals surface area contributed by atoms with Crippen molar-refractivity contribution in [3.63, 3.8) is 0 Å². The van der Waals surface area contributed by atoms with Gasteiger partial charge in [0.2, 0.25) is 5.91 Å². The van der Waals surface area contributed by atoms with Crippen LogP contribution in [0.2, 0.25) is 0 Å². The zero-order valence-corrected chi connectivity index (χ0v) is 14.3. The molecule has 0 aliphatic rings. The first-order valence-electron chi connectivity index (χ1n) is 8.66. The third-order valence-corrected chi connectivity index (χ3v) is 4.00. The number of hydrogen-bond acceptors (Lipinski definition) is 2. The molecule has 0 aliphatic heterocycles. The molecular formula is C21H25NO2. The first-order valence-corrected chi connectivity index (χ1v) is 8.66. The molecule has 1 N–H and O–H groups in total. The number of unbranched alkanes of at least 4 members (excludes halogenated alkanes) is 2. The summed E-state index contributed by atoms with van der Waals surface area (Å²) >= 11 is 0.